The summed E-state index contributed by atoms with van der Waals surface area (Å²) in [7, 11) is 0. The van der Waals surface area contributed by atoms with E-state index < -0.39 is 0 Å². The number of phenols is 1. The maximum atomic E-state index is 12.9. The van der Waals surface area contributed by atoms with Gasteiger partial charge in [0, 0.05) is 43.5 Å². The van der Waals surface area contributed by atoms with Crippen LogP contribution in [0.25, 0.3) is 0 Å². The lowest BCUT2D eigenvalue weighted by Crippen LogP contribution is -2.39. The van der Waals surface area contributed by atoms with E-state index in [9.17, 15) is 9.90 Å². The van der Waals surface area contributed by atoms with Gasteiger partial charge in [-0.3, -0.25) is 4.79 Å². The molecule has 1 atom stereocenters. The Bertz CT molecular complexity index is 738. The SMILES string of the molecule is CCCCn1ccnc1[C@@H]1CCCN(C(=O)c2ccc(O)c(C)c2)C1. The number of aromatic hydroxyl groups is 1. The van der Waals surface area contributed by atoms with Crippen LogP contribution >= 0.6 is 0 Å². The van der Waals surface area contributed by atoms with Crippen molar-refractivity contribution in [2.75, 3.05) is 13.1 Å². The smallest absolute Gasteiger partial charge is 0.253 e. The van der Waals surface area contributed by atoms with Gasteiger partial charge in [-0.1, -0.05) is 13.3 Å². The van der Waals surface area contributed by atoms with Gasteiger partial charge in [-0.05, 0) is 49.9 Å². The number of rotatable bonds is 5. The molecule has 2 aromatic rings. The number of carbonyl (C=O) groups excluding carboxylic acids is 1. The van der Waals surface area contributed by atoms with Gasteiger partial charge in [-0.2, -0.15) is 0 Å². The summed E-state index contributed by atoms with van der Waals surface area (Å²) in [6.07, 6.45) is 8.29. The summed E-state index contributed by atoms with van der Waals surface area (Å²) in [6.45, 7) is 6.49. The third-order valence-electron chi connectivity index (χ3n) is 5.02. The molecule has 3 rings (SSSR count). The molecule has 0 bridgehead atoms. The van der Waals surface area contributed by atoms with Crippen molar-refractivity contribution in [3.8, 4) is 5.75 Å². The predicted octanol–water partition coefficient (Wildman–Crippen LogP) is 3.72. The standard InChI is InChI=1S/C20H27N3O2/c1-3-4-10-22-12-9-21-19(22)17-6-5-11-23(14-17)20(25)16-7-8-18(24)15(2)13-16/h7-9,12-13,17,24H,3-6,10-11,14H2,1-2H3/t17-/m1/s1. The van der Waals surface area contributed by atoms with Gasteiger partial charge in [0.1, 0.15) is 11.6 Å². The fourth-order valence-corrected chi connectivity index (χ4v) is 3.54. The molecule has 1 amide bonds. The van der Waals surface area contributed by atoms with E-state index in [2.05, 4.69) is 22.7 Å². The molecule has 5 heteroatoms. The minimum absolute atomic E-state index is 0.0412. The van der Waals surface area contributed by atoms with E-state index in [1.165, 1.54) is 0 Å². The number of imidazole rings is 1. The first-order chi connectivity index (χ1) is 12.1. The number of piperidine rings is 1. The first kappa shape index (κ1) is 17.5. The zero-order chi connectivity index (χ0) is 17.8. The van der Waals surface area contributed by atoms with Crippen LogP contribution < -0.4 is 0 Å². The van der Waals surface area contributed by atoms with Crippen molar-refractivity contribution in [1.82, 2.24) is 14.5 Å². The van der Waals surface area contributed by atoms with Crippen LogP contribution in [0, 0.1) is 6.92 Å². The van der Waals surface area contributed by atoms with Crippen LogP contribution in [0.5, 0.6) is 5.75 Å². The highest BCUT2D eigenvalue weighted by Crippen LogP contribution is 2.27. The van der Waals surface area contributed by atoms with E-state index in [1.54, 1.807) is 18.2 Å². The second-order valence-corrected chi connectivity index (χ2v) is 6.92. The Labute approximate surface area is 149 Å². The Kier molecular flexibility index (Phi) is 5.41. The first-order valence-electron chi connectivity index (χ1n) is 9.20. The quantitative estimate of drug-likeness (QED) is 0.902. The van der Waals surface area contributed by atoms with E-state index in [0.717, 1.165) is 50.2 Å². The van der Waals surface area contributed by atoms with E-state index >= 15 is 0 Å². The number of carbonyl (C=O) groups is 1. The number of aromatic nitrogens is 2. The molecule has 1 fully saturated rings. The van der Waals surface area contributed by atoms with Crippen LogP contribution in [-0.4, -0.2) is 38.6 Å². The molecular weight excluding hydrogens is 314 g/mol. The van der Waals surface area contributed by atoms with Crippen LogP contribution in [0.15, 0.2) is 30.6 Å². The number of amides is 1. The number of unbranched alkanes of at least 4 members (excludes halogenated alkanes) is 1. The zero-order valence-electron chi connectivity index (χ0n) is 15.1. The van der Waals surface area contributed by atoms with Crippen molar-refractivity contribution in [3.63, 3.8) is 0 Å². The third-order valence-corrected chi connectivity index (χ3v) is 5.02. The normalized spacial score (nSPS) is 17.7. The fraction of sp³-hybridized carbons (Fsp3) is 0.500. The molecule has 1 aliphatic rings. The predicted molar refractivity (Wildman–Crippen MR) is 97.9 cm³/mol. The fourth-order valence-electron chi connectivity index (χ4n) is 3.54. The molecule has 25 heavy (non-hydrogen) atoms. The van der Waals surface area contributed by atoms with Gasteiger partial charge < -0.3 is 14.6 Å². The molecule has 2 heterocycles. The maximum Gasteiger partial charge on any atom is 0.253 e. The number of likely N-dealkylation sites (tertiary alicyclic amines) is 1. The summed E-state index contributed by atoms with van der Waals surface area (Å²) in [5.74, 6) is 1.67. The van der Waals surface area contributed by atoms with Crippen molar-refractivity contribution in [3.05, 3.63) is 47.5 Å². The van der Waals surface area contributed by atoms with Gasteiger partial charge in [-0.15, -0.1) is 0 Å². The minimum Gasteiger partial charge on any atom is -0.508 e. The average molecular weight is 341 g/mol. The van der Waals surface area contributed by atoms with E-state index in [-0.39, 0.29) is 11.7 Å². The highest BCUT2D eigenvalue weighted by atomic mass is 16.3. The van der Waals surface area contributed by atoms with E-state index in [1.807, 2.05) is 18.0 Å². The van der Waals surface area contributed by atoms with Gasteiger partial charge in [-0.25, -0.2) is 4.98 Å². The third kappa shape index (κ3) is 3.86. The van der Waals surface area contributed by atoms with Crippen LogP contribution in [-0.2, 0) is 6.54 Å². The second kappa shape index (κ2) is 7.72. The number of aryl methyl sites for hydroxylation is 2. The molecule has 1 aliphatic heterocycles. The van der Waals surface area contributed by atoms with Crippen molar-refractivity contribution in [2.24, 2.45) is 0 Å². The summed E-state index contributed by atoms with van der Waals surface area (Å²) in [5, 5.41) is 9.67. The molecule has 5 nitrogen and oxygen atoms in total. The van der Waals surface area contributed by atoms with Crippen LogP contribution in [0.4, 0.5) is 0 Å². The Morgan fingerprint density at radius 3 is 3.00 bits per heavy atom. The molecule has 1 aromatic heterocycles. The lowest BCUT2D eigenvalue weighted by atomic mass is 9.96. The topological polar surface area (TPSA) is 58.4 Å². The molecule has 1 N–H and O–H groups in total. The van der Waals surface area contributed by atoms with Gasteiger partial charge in [0.05, 0.1) is 0 Å². The van der Waals surface area contributed by atoms with Gasteiger partial charge >= 0.3 is 0 Å². The molecular formula is C20H27N3O2. The largest absolute Gasteiger partial charge is 0.508 e. The lowest BCUT2D eigenvalue weighted by molar-refractivity contribution is 0.0703. The number of benzene rings is 1. The second-order valence-electron chi connectivity index (χ2n) is 6.92. The summed E-state index contributed by atoms with van der Waals surface area (Å²) in [5.41, 5.74) is 1.37. The number of hydrogen-bond donors (Lipinski definition) is 1. The molecule has 0 aliphatic carbocycles. The number of nitrogens with zero attached hydrogens (tertiary/aromatic N) is 3. The molecule has 1 saturated heterocycles. The lowest BCUT2D eigenvalue weighted by Gasteiger charge is -2.33. The summed E-state index contributed by atoms with van der Waals surface area (Å²) < 4.78 is 2.24. The van der Waals surface area contributed by atoms with Gasteiger partial charge in [0.2, 0.25) is 0 Å². The molecule has 1 aromatic carbocycles. The maximum absolute atomic E-state index is 12.9. The van der Waals surface area contributed by atoms with Crippen molar-refractivity contribution >= 4 is 5.91 Å². The Morgan fingerprint density at radius 2 is 2.24 bits per heavy atom. The van der Waals surface area contributed by atoms with Crippen molar-refractivity contribution in [2.45, 2.75) is 52.0 Å². The molecule has 0 spiro atoms. The highest BCUT2D eigenvalue weighted by molar-refractivity contribution is 5.94. The average Bonchev–Trinajstić information content (AvgIpc) is 3.10. The van der Waals surface area contributed by atoms with E-state index in [0.29, 0.717) is 18.0 Å². The Balaban J connectivity index is 1.73. The summed E-state index contributed by atoms with van der Waals surface area (Å²) >= 11 is 0. The number of phenolic OH excluding ortho intramolecular Hbond substituents is 1. The molecule has 0 radical (unpaired) electrons. The highest BCUT2D eigenvalue weighted by Gasteiger charge is 2.28. The summed E-state index contributed by atoms with van der Waals surface area (Å²) in [4.78, 5) is 19.4. The van der Waals surface area contributed by atoms with Gasteiger partial charge in [0.25, 0.3) is 5.91 Å². The van der Waals surface area contributed by atoms with Crippen molar-refractivity contribution in [1.29, 1.82) is 0 Å². The minimum atomic E-state index is 0.0412. The number of hydrogen-bond acceptors (Lipinski definition) is 3. The molecule has 0 saturated carbocycles. The monoisotopic (exact) mass is 341 g/mol. The molecule has 134 valence electrons. The Hall–Kier alpha value is -2.30. The van der Waals surface area contributed by atoms with Crippen LogP contribution in [0.3, 0.4) is 0 Å². The molecule has 0 unspecified atom stereocenters. The van der Waals surface area contributed by atoms with Crippen LogP contribution in [0.2, 0.25) is 0 Å². The van der Waals surface area contributed by atoms with E-state index in [4.69, 9.17) is 0 Å². The van der Waals surface area contributed by atoms with Crippen molar-refractivity contribution < 1.29 is 9.90 Å². The Morgan fingerprint density at radius 1 is 1.40 bits per heavy atom. The summed E-state index contributed by atoms with van der Waals surface area (Å²) in [6, 6.07) is 5.07. The zero-order valence-corrected chi connectivity index (χ0v) is 15.1. The van der Waals surface area contributed by atoms with Gasteiger partial charge in [0.15, 0.2) is 0 Å². The van der Waals surface area contributed by atoms with Crippen LogP contribution in [0.1, 0.15) is 60.3 Å². The first-order valence-corrected chi connectivity index (χ1v) is 9.20.